The molecule has 1 aromatic heterocycles. The van der Waals surface area contributed by atoms with Crippen LogP contribution in [-0.2, 0) is 14.2 Å². The highest BCUT2D eigenvalue weighted by Crippen LogP contribution is 2.42. The second-order valence-electron chi connectivity index (χ2n) is 18.8. The second-order valence-corrected chi connectivity index (χ2v) is 18.8. The van der Waals surface area contributed by atoms with Crippen LogP contribution in [0.2, 0.25) is 0 Å². The number of nitrogens with zero attached hydrogens (tertiary/aromatic N) is 1. The van der Waals surface area contributed by atoms with E-state index in [2.05, 4.69) is 93.9 Å². The summed E-state index contributed by atoms with van der Waals surface area (Å²) in [5, 5.41) is 12.0. The van der Waals surface area contributed by atoms with Crippen molar-refractivity contribution in [2.24, 2.45) is 35.5 Å². The van der Waals surface area contributed by atoms with E-state index < -0.39 is 0 Å². The Kier molecular flexibility index (Phi) is 16.3. The van der Waals surface area contributed by atoms with Crippen LogP contribution in [-0.4, -0.2) is 62.1 Å². The first-order chi connectivity index (χ1) is 26.2. The summed E-state index contributed by atoms with van der Waals surface area (Å²) in [7, 11) is 0. The molecule has 0 amide bonds. The maximum atomic E-state index is 6.94. The predicted molar refractivity (Wildman–Crippen MR) is 221 cm³/mol. The molecule has 7 heteroatoms. The van der Waals surface area contributed by atoms with Crippen molar-refractivity contribution < 1.29 is 14.2 Å². The molecule has 3 N–H and O–H groups in total. The summed E-state index contributed by atoms with van der Waals surface area (Å²) in [5.74, 6) is 3.73. The van der Waals surface area contributed by atoms with Crippen LogP contribution in [0.25, 0.3) is 0 Å². The van der Waals surface area contributed by atoms with Crippen molar-refractivity contribution in [3.05, 3.63) is 65.5 Å². The molecule has 3 aliphatic heterocycles. The van der Waals surface area contributed by atoms with Gasteiger partial charge in [0.15, 0.2) is 0 Å². The van der Waals surface area contributed by atoms with Gasteiger partial charge in [-0.15, -0.1) is 0 Å². The molecule has 0 spiro atoms. The summed E-state index contributed by atoms with van der Waals surface area (Å²) in [6.45, 7) is 18.2. The molecule has 1 aliphatic carbocycles. The van der Waals surface area contributed by atoms with Gasteiger partial charge in [-0.2, -0.15) is 0 Å². The van der Waals surface area contributed by atoms with Gasteiger partial charge >= 0.3 is 0 Å². The maximum absolute atomic E-state index is 6.94. The van der Waals surface area contributed by atoms with Gasteiger partial charge in [-0.05, 0) is 142 Å². The third-order valence-corrected chi connectivity index (χ3v) is 12.8. The Hall–Kier alpha value is -1.87. The SMILES string of the molecule is CC(C)COC(c1cccc(C2CCCC(C(OCC(C)C)C3CCC(C4CCC(C(OCC(C)C)c5ccccn5)NC4)CC3)N2)c1)C1CCCCN1. The van der Waals surface area contributed by atoms with Crippen molar-refractivity contribution in [1.29, 1.82) is 0 Å². The highest BCUT2D eigenvalue weighted by Gasteiger charge is 2.39. The first-order valence-electron chi connectivity index (χ1n) is 22.3. The Morgan fingerprint density at radius 3 is 2.00 bits per heavy atom. The normalized spacial score (nSPS) is 30.1. The number of aromatic nitrogens is 1. The van der Waals surface area contributed by atoms with Gasteiger partial charge in [0, 0.05) is 50.2 Å². The molecule has 8 unspecified atom stereocenters. The zero-order valence-corrected chi connectivity index (χ0v) is 34.8. The molecule has 4 aliphatic rings. The lowest BCUT2D eigenvalue weighted by Crippen LogP contribution is -2.50. The molecule has 8 atom stereocenters. The molecule has 1 aromatic carbocycles. The van der Waals surface area contributed by atoms with Crippen LogP contribution in [0, 0.1) is 35.5 Å². The van der Waals surface area contributed by atoms with Gasteiger partial charge in [0.1, 0.15) is 6.10 Å². The Morgan fingerprint density at radius 2 is 1.33 bits per heavy atom. The van der Waals surface area contributed by atoms with Gasteiger partial charge in [0.2, 0.25) is 0 Å². The zero-order valence-electron chi connectivity index (χ0n) is 34.8. The average molecular weight is 745 g/mol. The monoisotopic (exact) mass is 745 g/mol. The summed E-state index contributed by atoms with van der Waals surface area (Å²) in [6, 6.07) is 17.1. The minimum Gasteiger partial charge on any atom is -0.376 e. The summed E-state index contributed by atoms with van der Waals surface area (Å²) in [5.41, 5.74) is 3.81. The first-order valence-corrected chi connectivity index (χ1v) is 22.3. The van der Waals surface area contributed by atoms with Gasteiger partial charge < -0.3 is 30.2 Å². The van der Waals surface area contributed by atoms with E-state index in [1.54, 1.807) is 0 Å². The van der Waals surface area contributed by atoms with E-state index in [4.69, 9.17) is 19.2 Å². The number of hydrogen-bond acceptors (Lipinski definition) is 7. The van der Waals surface area contributed by atoms with Crippen molar-refractivity contribution in [2.45, 2.75) is 161 Å². The lowest BCUT2D eigenvalue weighted by Gasteiger charge is -2.44. The van der Waals surface area contributed by atoms with E-state index in [0.29, 0.717) is 47.8 Å². The molecule has 2 aromatic rings. The number of benzene rings is 1. The van der Waals surface area contributed by atoms with Crippen LogP contribution in [0.1, 0.15) is 154 Å². The Labute approximate surface area is 329 Å². The first kappa shape index (κ1) is 41.8. The van der Waals surface area contributed by atoms with E-state index in [1.165, 1.54) is 81.8 Å². The van der Waals surface area contributed by atoms with Crippen molar-refractivity contribution in [3.8, 4) is 0 Å². The van der Waals surface area contributed by atoms with E-state index in [1.807, 2.05) is 12.3 Å². The largest absolute Gasteiger partial charge is 0.376 e. The molecular formula is C47H76N4O3. The summed E-state index contributed by atoms with van der Waals surface area (Å²) < 4.78 is 20.1. The lowest BCUT2D eigenvalue weighted by atomic mass is 9.70. The smallest absolute Gasteiger partial charge is 0.115 e. The zero-order chi connectivity index (χ0) is 37.9. The summed E-state index contributed by atoms with van der Waals surface area (Å²) >= 11 is 0. The van der Waals surface area contributed by atoms with E-state index in [9.17, 15) is 0 Å². The van der Waals surface area contributed by atoms with E-state index >= 15 is 0 Å². The Balaban J connectivity index is 1.06. The number of ether oxygens (including phenoxy) is 3. The fourth-order valence-electron chi connectivity index (χ4n) is 9.96. The number of piperidine rings is 3. The fraction of sp³-hybridized carbons (Fsp3) is 0.766. The van der Waals surface area contributed by atoms with Crippen LogP contribution < -0.4 is 16.0 Å². The molecule has 4 fully saturated rings. The van der Waals surface area contributed by atoms with Crippen LogP contribution in [0.5, 0.6) is 0 Å². The molecule has 3 saturated heterocycles. The number of pyridine rings is 1. The predicted octanol–water partition coefficient (Wildman–Crippen LogP) is 9.75. The van der Waals surface area contributed by atoms with Gasteiger partial charge in [-0.1, -0.05) is 78.3 Å². The molecule has 0 bridgehead atoms. The van der Waals surface area contributed by atoms with Crippen LogP contribution in [0.15, 0.2) is 48.7 Å². The highest BCUT2D eigenvalue weighted by molar-refractivity contribution is 5.29. The van der Waals surface area contributed by atoms with Gasteiger partial charge in [-0.3, -0.25) is 4.98 Å². The summed E-state index contributed by atoms with van der Waals surface area (Å²) in [4.78, 5) is 4.70. The second kappa shape index (κ2) is 21.0. The van der Waals surface area contributed by atoms with Crippen molar-refractivity contribution >= 4 is 0 Å². The summed E-state index contributed by atoms with van der Waals surface area (Å²) in [6.07, 6.45) is 17.3. The minimum atomic E-state index is 0.0204. The molecule has 54 heavy (non-hydrogen) atoms. The number of rotatable bonds is 17. The Morgan fingerprint density at radius 1 is 0.630 bits per heavy atom. The van der Waals surface area contributed by atoms with Crippen LogP contribution in [0.4, 0.5) is 0 Å². The average Bonchev–Trinajstić information content (AvgIpc) is 3.19. The Bertz CT molecular complexity index is 1330. The molecule has 7 nitrogen and oxygen atoms in total. The lowest BCUT2D eigenvalue weighted by molar-refractivity contribution is -0.0499. The van der Waals surface area contributed by atoms with Crippen LogP contribution in [0.3, 0.4) is 0 Å². The number of nitrogens with one attached hydrogen (secondary N) is 3. The minimum absolute atomic E-state index is 0.0204. The molecule has 302 valence electrons. The van der Waals surface area contributed by atoms with Crippen LogP contribution >= 0.6 is 0 Å². The maximum Gasteiger partial charge on any atom is 0.115 e. The molecule has 6 rings (SSSR count). The third-order valence-electron chi connectivity index (χ3n) is 12.8. The van der Waals surface area contributed by atoms with Crippen molar-refractivity contribution in [1.82, 2.24) is 20.9 Å². The quantitative estimate of drug-likeness (QED) is 0.149. The molecule has 4 heterocycles. The molecule has 0 radical (unpaired) electrons. The van der Waals surface area contributed by atoms with Gasteiger partial charge in [0.05, 0.1) is 17.9 Å². The number of hydrogen-bond donors (Lipinski definition) is 3. The van der Waals surface area contributed by atoms with E-state index in [0.717, 1.165) is 56.9 Å². The van der Waals surface area contributed by atoms with Gasteiger partial charge in [-0.25, -0.2) is 0 Å². The van der Waals surface area contributed by atoms with Gasteiger partial charge in [0.25, 0.3) is 0 Å². The third kappa shape index (κ3) is 11.8. The van der Waals surface area contributed by atoms with Crippen molar-refractivity contribution in [3.63, 3.8) is 0 Å². The van der Waals surface area contributed by atoms with E-state index in [-0.39, 0.29) is 18.3 Å². The highest BCUT2D eigenvalue weighted by atomic mass is 16.5. The molecular weight excluding hydrogens is 669 g/mol. The van der Waals surface area contributed by atoms with Crippen molar-refractivity contribution in [2.75, 3.05) is 32.9 Å². The fourth-order valence-corrected chi connectivity index (χ4v) is 9.96. The molecule has 1 saturated carbocycles. The standard InChI is InChI=1S/C47H76N4O3/c1-32(2)29-52-45(36-21-19-35(20-22-36)39-23-24-43(50-28-39)47(54-31-34(5)6)42-16-8-10-26-49-42)44-18-12-17-40(51-44)37-13-11-14-38(27-37)46(53-30-33(3)4)41-15-7-9-25-48-41/h8,10-11,13-14,16,26-27,32-36,39-41,43-48,50-51H,7,9,12,15,17-25,28-31H2,1-6H3. The topological polar surface area (TPSA) is 76.7 Å².